The Morgan fingerprint density at radius 1 is 1.59 bits per heavy atom. The zero-order valence-electron chi connectivity index (χ0n) is 10.4. The number of nitrogens with zero attached hydrogens (tertiary/aromatic N) is 3. The van der Waals surface area contributed by atoms with Crippen LogP contribution in [0.1, 0.15) is 31.9 Å². The summed E-state index contributed by atoms with van der Waals surface area (Å²) in [6.45, 7) is 2.78. The maximum Gasteiger partial charge on any atom is 0.139 e. The highest BCUT2D eigenvalue weighted by atomic mass is 16.5. The number of hydrogen-bond donors (Lipinski definition) is 0. The molecule has 1 fully saturated rings. The first-order valence-corrected chi connectivity index (χ1v) is 6.16. The normalized spacial score (nSPS) is 23.4. The van der Waals surface area contributed by atoms with Crippen LogP contribution >= 0.6 is 0 Å². The smallest absolute Gasteiger partial charge is 0.139 e. The lowest BCUT2D eigenvalue weighted by Crippen LogP contribution is -2.33. The van der Waals surface area contributed by atoms with Gasteiger partial charge in [0, 0.05) is 26.3 Å². The maximum atomic E-state index is 11.8. The fourth-order valence-corrected chi connectivity index (χ4v) is 2.29. The minimum Gasteiger partial charge on any atom is -0.378 e. The summed E-state index contributed by atoms with van der Waals surface area (Å²) in [5, 5.41) is 7.73. The van der Waals surface area contributed by atoms with Gasteiger partial charge in [-0.15, -0.1) is 5.10 Å². The summed E-state index contributed by atoms with van der Waals surface area (Å²) in [7, 11) is 1.81. The van der Waals surface area contributed by atoms with Gasteiger partial charge in [-0.05, 0) is 25.7 Å². The minimum absolute atomic E-state index is 0.255. The molecular weight excluding hydrogens is 218 g/mol. The zero-order valence-corrected chi connectivity index (χ0v) is 10.4. The van der Waals surface area contributed by atoms with Gasteiger partial charge in [0.25, 0.3) is 0 Å². The van der Waals surface area contributed by atoms with Crippen LogP contribution in [0.4, 0.5) is 0 Å². The molecule has 1 aliphatic rings. The Labute approximate surface area is 101 Å². The first-order chi connectivity index (χ1) is 8.17. The van der Waals surface area contributed by atoms with E-state index in [4.69, 9.17) is 4.74 Å². The van der Waals surface area contributed by atoms with Gasteiger partial charge in [-0.2, -0.15) is 0 Å². The molecule has 1 aromatic rings. The topological polar surface area (TPSA) is 57.0 Å². The first-order valence-electron chi connectivity index (χ1n) is 6.16. The van der Waals surface area contributed by atoms with Crippen LogP contribution < -0.4 is 0 Å². The summed E-state index contributed by atoms with van der Waals surface area (Å²) in [4.78, 5) is 11.8. The molecule has 1 heterocycles. The molecule has 0 aliphatic heterocycles. The van der Waals surface area contributed by atoms with E-state index in [1.54, 1.807) is 17.9 Å². The average Bonchev–Trinajstić information content (AvgIpc) is 2.61. The second-order valence-electron chi connectivity index (χ2n) is 4.72. The molecule has 2 rings (SSSR count). The second kappa shape index (κ2) is 5.40. The molecule has 0 aromatic carbocycles. The molecular formula is C12H19N3O2. The molecule has 0 radical (unpaired) electrons. The molecule has 1 aromatic heterocycles. The summed E-state index contributed by atoms with van der Waals surface area (Å²) in [5.41, 5.74) is 0.762. The van der Waals surface area contributed by atoms with E-state index in [2.05, 4.69) is 10.3 Å². The predicted octanol–water partition coefficient (Wildman–Crippen LogP) is 1.13. The zero-order chi connectivity index (χ0) is 12.3. The monoisotopic (exact) mass is 237 g/mol. The Kier molecular flexibility index (Phi) is 3.89. The number of Topliss-reactive ketones (excluding diaryl/α,β-unsaturated/α-hetero) is 1. The molecule has 0 unspecified atom stereocenters. The molecule has 94 valence electrons. The Morgan fingerprint density at radius 2 is 2.35 bits per heavy atom. The summed E-state index contributed by atoms with van der Waals surface area (Å²) < 4.78 is 7.10. The fraction of sp³-hybridized carbons (Fsp3) is 0.750. The van der Waals surface area contributed by atoms with Crippen molar-refractivity contribution >= 4 is 5.78 Å². The molecule has 0 amide bonds. The van der Waals surface area contributed by atoms with Crippen molar-refractivity contribution in [3.63, 3.8) is 0 Å². The van der Waals surface area contributed by atoms with Crippen molar-refractivity contribution < 1.29 is 9.53 Å². The third-order valence-corrected chi connectivity index (χ3v) is 3.14. The molecule has 0 saturated heterocycles. The van der Waals surface area contributed by atoms with E-state index >= 15 is 0 Å². The van der Waals surface area contributed by atoms with E-state index < -0.39 is 0 Å². The SMILES string of the molecule is CCOC1CC(CC(=O)Cc2cn(C)nn2)C1. The Morgan fingerprint density at radius 3 is 2.94 bits per heavy atom. The largest absolute Gasteiger partial charge is 0.378 e. The van der Waals surface area contributed by atoms with Crippen molar-refractivity contribution in [2.75, 3.05) is 6.61 Å². The van der Waals surface area contributed by atoms with Crippen LogP contribution in [0.2, 0.25) is 0 Å². The summed E-state index contributed by atoms with van der Waals surface area (Å²) in [6.07, 6.45) is 5.29. The summed E-state index contributed by atoms with van der Waals surface area (Å²) in [6, 6.07) is 0. The van der Waals surface area contributed by atoms with Gasteiger partial charge in [0.05, 0.1) is 18.2 Å². The Balaban J connectivity index is 1.69. The van der Waals surface area contributed by atoms with E-state index in [-0.39, 0.29) is 5.78 Å². The number of carbonyl (C=O) groups is 1. The van der Waals surface area contributed by atoms with Crippen LogP contribution in [0, 0.1) is 5.92 Å². The van der Waals surface area contributed by atoms with Crippen LogP contribution in [-0.2, 0) is 23.0 Å². The lowest BCUT2D eigenvalue weighted by Gasteiger charge is -2.34. The number of aromatic nitrogens is 3. The van der Waals surface area contributed by atoms with E-state index in [9.17, 15) is 4.79 Å². The third-order valence-electron chi connectivity index (χ3n) is 3.14. The number of ether oxygens (including phenoxy) is 1. The van der Waals surface area contributed by atoms with Gasteiger partial charge in [0.15, 0.2) is 0 Å². The average molecular weight is 237 g/mol. The highest BCUT2D eigenvalue weighted by Gasteiger charge is 2.30. The summed E-state index contributed by atoms with van der Waals surface area (Å²) in [5.74, 6) is 0.765. The Hall–Kier alpha value is -1.23. The van der Waals surface area contributed by atoms with E-state index in [0.29, 0.717) is 24.9 Å². The molecule has 5 nitrogen and oxygen atoms in total. The number of carbonyl (C=O) groups excluding carboxylic acids is 1. The molecule has 0 bridgehead atoms. The van der Waals surface area contributed by atoms with Crippen LogP contribution in [-0.4, -0.2) is 33.5 Å². The molecule has 0 spiro atoms. The van der Waals surface area contributed by atoms with Crippen molar-refractivity contribution in [1.29, 1.82) is 0 Å². The highest BCUT2D eigenvalue weighted by molar-refractivity contribution is 5.80. The second-order valence-corrected chi connectivity index (χ2v) is 4.72. The van der Waals surface area contributed by atoms with Gasteiger partial charge in [-0.25, -0.2) is 0 Å². The quantitative estimate of drug-likeness (QED) is 0.744. The van der Waals surface area contributed by atoms with Crippen LogP contribution in [0.5, 0.6) is 0 Å². The van der Waals surface area contributed by atoms with E-state index in [0.717, 1.165) is 25.1 Å². The number of aryl methyl sites for hydroxylation is 1. The van der Waals surface area contributed by atoms with Crippen LogP contribution in [0.3, 0.4) is 0 Å². The van der Waals surface area contributed by atoms with E-state index in [1.165, 1.54) is 0 Å². The molecule has 1 saturated carbocycles. The fourth-order valence-electron chi connectivity index (χ4n) is 2.29. The highest BCUT2D eigenvalue weighted by Crippen LogP contribution is 2.32. The molecule has 1 aliphatic carbocycles. The van der Waals surface area contributed by atoms with Gasteiger partial charge in [0.2, 0.25) is 0 Å². The lowest BCUT2D eigenvalue weighted by atomic mass is 9.78. The van der Waals surface area contributed by atoms with Crippen molar-refractivity contribution in [1.82, 2.24) is 15.0 Å². The molecule has 0 atom stereocenters. The van der Waals surface area contributed by atoms with Crippen molar-refractivity contribution in [2.24, 2.45) is 13.0 Å². The third kappa shape index (κ3) is 3.36. The van der Waals surface area contributed by atoms with Crippen molar-refractivity contribution in [3.05, 3.63) is 11.9 Å². The standard InChI is InChI=1S/C12H19N3O2/c1-3-17-12-5-9(6-12)4-11(16)7-10-8-15(2)14-13-10/h8-9,12H,3-7H2,1-2H3. The van der Waals surface area contributed by atoms with Crippen LogP contribution in [0.15, 0.2) is 6.20 Å². The van der Waals surface area contributed by atoms with Crippen LogP contribution in [0.25, 0.3) is 0 Å². The van der Waals surface area contributed by atoms with Gasteiger partial charge in [0.1, 0.15) is 5.78 Å². The van der Waals surface area contributed by atoms with Crippen molar-refractivity contribution in [2.45, 2.75) is 38.7 Å². The van der Waals surface area contributed by atoms with Gasteiger partial charge >= 0.3 is 0 Å². The number of rotatable bonds is 6. The maximum absolute atomic E-state index is 11.8. The summed E-state index contributed by atoms with van der Waals surface area (Å²) >= 11 is 0. The predicted molar refractivity (Wildman–Crippen MR) is 62.5 cm³/mol. The van der Waals surface area contributed by atoms with Gasteiger partial charge in [-0.1, -0.05) is 5.21 Å². The van der Waals surface area contributed by atoms with Crippen molar-refractivity contribution in [3.8, 4) is 0 Å². The minimum atomic E-state index is 0.255. The number of hydrogen-bond acceptors (Lipinski definition) is 4. The Bertz CT molecular complexity index is 383. The molecule has 17 heavy (non-hydrogen) atoms. The lowest BCUT2D eigenvalue weighted by molar-refractivity contribution is -0.121. The van der Waals surface area contributed by atoms with E-state index in [1.807, 2.05) is 6.92 Å². The first kappa shape index (κ1) is 12.2. The number of ketones is 1. The molecule has 0 N–H and O–H groups in total. The van der Waals surface area contributed by atoms with Gasteiger partial charge in [-0.3, -0.25) is 9.48 Å². The molecule has 5 heteroatoms. The van der Waals surface area contributed by atoms with Gasteiger partial charge < -0.3 is 4.74 Å².